The maximum Gasteiger partial charge on any atom is 0.313 e. The Morgan fingerprint density at radius 1 is 0.933 bits per heavy atom. The summed E-state index contributed by atoms with van der Waals surface area (Å²) in [7, 11) is 8.27. The van der Waals surface area contributed by atoms with Crippen LogP contribution in [-0.4, -0.2) is 70.2 Å². The number of nitrogens with zero attached hydrogens (tertiary/aromatic N) is 3. The topological polar surface area (TPSA) is 36.0 Å². The van der Waals surface area contributed by atoms with Gasteiger partial charge in [-0.3, -0.25) is 4.79 Å². The minimum atomic E-state index is -0.277. The summed E-state index contributed by atoms with van der Waals surface area (Å²) in [4.78, 5) is 19.8. The summed E-state index contributed by atoms with van der Waals surface area (Å²) in [6.45, 7) is 3.32. The number of para-hydroxylation sites is 2. The third-order valence-corrected chi connectivity index (χ3v) is 5.57. The first-order valence-electron chi connectivity index (χ1n) is 10.9. The molecule has 0 spiro atoms. The predicted octanol–water partition coefficient (Wildman–Crippen LogP) is 3.91. The molecule has 0 amide bonds. The van der Waals surface area contributed by atoms with Crippen LogP contribution in [0.2, 0.25) is 0 Å². The number of hydrogen-bond acceptors (Lipinski definition) is 5. The summed E-state index contributed by atoms with van der Waals surface area (Å²) in [6.07, 6.45) is 2.57. The molecule has 0 saturated heterocycles. The van der Waals surface area contributed by atoms with Gasteiger partial charge in [-0.2, -0.15) is 0 Å². The fourth-order valence-corrected chi connectivity index (χ4v) is 4.08. The summed E-state index contributed by atoms with van der Waals surface area (Å²) in [5.41, 5.74) is 4.59. The van der Waals surface area contributed by atoms with E-state index in [-0.39, 0.29) is 11.9 Å². The van der Waals surface area contributed by atoms with E-state index in [1.807, 2.05) is 20.2 Å². The first kappa shape index (κ1) is 22.3. The van der Waals surface area contributed by atoms with E-state index in [4.69, 9.17) is 4.74 Å². The fourth-order valence-electron chi connectivity index (χ4n) is 4.08. The van der Waals surface area contributed by atoms with Gasteiger partial charge in [0.05, 0.1) is 12.5 Å². The summed E-state index contributed by atoms with van der Waals surface area (Å²) >= 11 is 0. The van der Waals surface area contributed by atoms with Crippen LogP contribution in [0.5, 0.6) is 0 Å². The van der Waals surface area contributed by atoms with Gasteiger partial charge in [0, 0.05) is 24.5 Å². The summed E-state index contributed by atoms with van der Waals surface area (Å²) < 4.78 is 5.72. The van der Waals surface area contributed by atoms with Gasteiger partial charge < -0.3 is 19.4 Å². The van der Waals surface area contributed by atoms with Crippen LogP contribution in [0.3, 0.4) is 0 Å². The highest BCUT2D eigenvalue weighted by molar-refractivity contribution is 5.85. The van der Waals surface area contributed by atoms with E-state index in [1.54, 1.807) is 0 Å². The molecule has 0 unspecified atom stereocenters. The molecule has 0 aromatic heterocycles. The quantitative estimate of drug-likeness (QED) is 0.464. The number of anilines is 2. The Morgan fingerprint density at radius 3 is 2.30 bits per heavy atom. The second-order valence-electron chi connectivity index (χ2n) is 8.58. The Bertz CT molecular complexity index is 835. The molecule has 2 aromatic rings. The van der Waals surface area contributed by atoms with Gasteiger partial charge in [0.1, 0.15) is 0 Å². The summed E-state index contributed by atoms with van der Waals surface area (Å²) in [6, 6.07) is 16.8. The van der Waals surface area contributed by atoms with Gasteiger partial charge in [-0.25, -0.2) is 0 Å². The molecular formula is C25H35N3O2. The maximum absolute atomic E-state index is 13.1. The van der Waals surface area contributed by atoms with Crippen molar-refractivity contribution in [3.05, 3.63) is 59.7 Å². The molecule has 2 aromatic carbocycles. The predicted molar refractivity (Wildman–Crippen MR) is 124 cm³/mol. The maximum atomic E-state index is 13.1. The standard InChI is InChI=1S/C25H35N3O2/c1-26(2)15-9-17-28-23-13-7-5-11-20(23)19-22(21-12-6-8-14-24(21)28)25(29)30-18-10-16-27(3)4/h5-8,11-14,22H,9-10,15-19H2,1-4H3/t22-/m1/s1. The van der Waals surface area contributed by atoms with Crippen LogP contribution in [0.1, 0.15) is 29.9 Å². The molecule has 1 atom stereocenters. The van der Waals surface area contributed by atoms with Crippen molar-refractivity contribution in [2.45, 2.75) is 25.2 Å². The lowest BCUT2D eigenvalue weighted by atomic mass is 9.92. The molecule has 1 heterocycles. The molecule has 0 saturated carbocycles. The van der Waals surface area contributed by atoms with E-state index >= 15 is 0 Å². The zero-order valence-electron chi connectivity index (χ0n) is 18.8. The van der Waals surface area contributed by atoms with Crippen LogP contribution in [0.25, 0.3) is 0 Å². The second kappa shape index (κ2) is 10.6. The minimum absolute atomic E-state index is 0.119. The molecule has 1 aliphatic heterocycles. The molecule has 162 valence electrons. The van der Waals surface area contributed by atoms with Crippen molar-refractivity contribution in [1.29, 1.82) is 0 Å². The van der Waals surface area contributed by atoms with Crippen molar-refractivity contribution >= 4 is 17.3 Å². The lowest BCUT2D eigenvalue weighted by molar-refractivity contribution is -0.145. The number of hydrogen-bond donors (Lipinski definition) is 0. The molecule has 0 N–H and O–H groups in total. The lowest BCUT2D eigenvalue weighted by Crippen LogP contribution is -2.24. The Balaban J connectivity index is 1.88. The first-order valence-corrected chi connectivity index (χ1v) is 10.9. The van der Waals surface area contributed by atoms with Crippen LogP contribution in [0.4, 0.5) is 11.4 Å². The van der Waals surface area contributed by atoms with E-state index in [0.29, 0.717) is 13.0 Å². The molecule has 5 nitrogen and oxygen atoms in total. The zero-order valence-corrected chi connectivity index (χ0v) is 18.8. The van der Waals surface area contributed by atoms with Gasteiger partial charge in [0.15, 0.2) is 0 Å². The van der Waals surface area contributed by atoms with Gasteiger partial charge in [0.2, 0.25) is 0 Å². The monoisotopic (exact) mass is 409 g/mol. The molecule has 1 aliphatic rings. The van der Waals surface area contributed by atoms with E-state index in [2.05, 4.69) is 71.3 Å². The van der Waals surface area contributed by atoms with E-state index in [1.165, 1.54) is 11.3 Å². The van der Waals surface area contributed by atoms with Crippen molar-refractivity contribution in [3.63, 3.8) is 0 Å². The third-order valence-electron chi connectivity index (χ3n) is 5.57. The van der Waals surface area contributed by atoms with Gasteiger partial charge >= 0.3 is 5.97 Å². The Labute approximate surface area is 181 Å². The normalized spacial score (nSPS) is 15.7. The second-order valence-corrected chi connectivity index (χ2v) is 8.58. The SMILES string of the molecule is CN(C)CCCOC(=O)[C@@H]1Cc2ccccc2N(CCCN(C)C)c2ccccc21. The Kier molecular flexibility index (Phi) is 7.88. The number of esters is 1. The number of carbonyl (C=O) groups is 1. The van der Waals surface area contributed by atoms with E-state index in [0.717, 1.165) is 43.7 Å². The smallest absolute Gasteiger partial charge is 0.313 e. The average Bonchev–Trinajstić information content (AvgIpc) is 2.86. The average molecular weight is 410 g/mol. The molecule has 0 bridgehead atoms. The lowest BCUT2D eigenvalue weighted by Gasteiger charge is -2.28. The third kappa shape index (κ3) is 5.61. The molecule has 3 rings (SSSR count). The van der Waals surface area contributed by atoms with Crippen LogP contribution < -0.4 is 4.90 Å². The molecule has 0 radical (unpaired) electrons. The van der Waals surface area contributed by atoms with Crippen molar-refractivity contribution < 1.29 is 9.53 Å². The van der Waals surface area contributed by atoms with Gasteiger partial charge in [-0.05, 0) is 77.3 Å². The van der Waals surface area contributed by atoms with Crippen molar-refractivity contribution in [2.24, 2.45) is 0 Å². The molecular weight excluding hydrogens is 374 g/mol. The van der Waals surface area contributed by atoms with Crippen molar-refractivity contribution in [1.82, 2.24) is 9.80 Å². The molecule has 5 heteroatoms. The fraction of sp³-hybridized carbons (Fsp3) is 0.480. The van der Waals surface area contributed by atoms with E-state index in [9.17, 15) is 4.79 Å². The first-order chi connectivity index (χ1) is 14.5. The molecule has 0 fully saturated rings. The Morgan fingerprint density at radius 2 is 1.57 bits per heavy atom. The summed E-state index contributed by atoms with van der Waals surface area (Å²) in [5, 5.41) is 0. The molecule has 0 aliphatic carbocycles. The van der Waals surface area contributed by atoms with E-state index < -0.39 is 0 Å². The van der Waals surface area contributed by atoms with Crippen LogP contribution in [-0.2, 0) is 16.0 Å². The highest BCUT2D eigenvalue weighted by Gasteiger charge is 2.31. The van der Waals surface area contributed by atoms with Crippen molar-refractivity contribution in [3.8, 4) is 0 Å². The highest BCUT2D eigenvalue weighted by Crippen LogP contribution is 2.41. The molecule has 30 heavy (non-hydrogen) atoms. The highest BCUT2D eigenvalue weighted by atomic mass is 16.5. The van der Waals surface area contributed by atoms with Crippen LogP contribution >= 0.6 is 0 Å². The van der Waals surface area contributed by atoms with Crippen LogP contribution in [0, 0.1) is 0 Å². The van der Waals surface area contributed by atoms with Gasteiger partial charge in [-0.15, -0.1) is 0 Å². The number of carbonyl (C=O) groups excluding carboxylic acids is 1. The number of benzene rings is 2. The van der Waals surface area contributed by atoms with Crippen molar-refractivity contribution in [2.75, 3.05) is 59.3 Å². The van der Waals surface area contributed by atoms with Gasteiger partial charge in [0.25, 0.3) is 0 Å². The minimum Gasteiger partial charge on any atom is -0.465 e. The Hall–Kier alpha value is -2.37. The van der Waals surface area contributed by atoms with Crippen LogP contribution in [0.15, 0.2) is 48.5 Å². The zero-order chi connectivity index (χ0) is 21.5. The largest absolute Gasteiger partial charge is 0.465 e. The summed E-state index contributed by atoms with van der Waals surface area (Å²) in [5.74, 6) is -0.397. The number of ether oxygens (including phenoxy) is 1. The number of rotatable bonds is 9. The number of fused-ring (bicyclic) bond motifs is 2. The van der Waals surface area contributed by atoms with Gasteiger partial charge in [-0.1, -0.05) is 36.4 Å².